The highest BCUT2D eigenvalue weighted by Crippen LogP contribution is 2.22. The zero-order valence-electron chi connectivity index (χ0n) is 16.1. The molecule has 8 nitrogen and oxygen atoms in total. The van der Waals surface area contributed by atoms with Crippen LogP contribution in [0.2, 0.25) is 0 Å². The summed E-state index contributed by atoms with van der Waals surface area (Å²) >= 11 is 0. The summed E-state index contributed by atoms with van der Waals surface area (Å²) in [6.45, 7) is 3.54. The number of nitrogens with zero attached hydrogens (tertiary/aromatic N) is 1. The number of carbonyl (C=O) groups is 2. The van der Waals surface area contributed by atoms with E-state index in [1.165, 1.54) is 6.07 Å². The second kappa shape index (κ2) is 8.44. The fourth-order valence-electron chi connectivity index (χ4n) is 2.74. The maximum atomic E-state index is 12.0. The SMILES string of the molecule is Cc1ccc(NC(=O)COC(=O)CCN=C2NS(=O)(=O)c3ccccc32)cc1C. The summed E-state index contributed by atoms with van der Waals surface area (Å²) < 4.78 is 31.3. The van der Waals surface area contributed by atoms with E-state index >= 15 is 0 Å². The average molecular weight is 415 g/mol. The molecule has 0 fully saturated rings. The fourth-order valence-corrected chi connectivity index (χ4v) is 4.00. The molecule has 0 spiro atoms. The standard InChI is InChI=1S/C20H21N3O5S/c1-13-7-8-15(11-14(13)2)22-18(24)12-28-19(25)9-10-21-20-16-5-3-4-6-17(16)29(26,27)23-20/h3-8,11H,9-10,12H2,1-2H3,(H,21,23)(H,22,24). The third kappa shape index (κ3) is 5.00. The predicted octanol–water partition coefficient (Wildman–Crippen LogP) is 1.91. The van der Waals surface area contributed by atoms with E-state index in [-0.39, 0.29) is 23.7 Å². The van der Waals surface area contributed by atoms with Crippen LogP contribution in [0.1, 0.15) is 23.1 Å². The monoisotopic (exact) mass is 415 g/mol. The number of aliphatic imine (C=N–C) groups is 1. The summed E-state index contributed by atoms with van der Waals surface area (Å²) in [5.41, 5.74) is 3.26. The molecule has 29 heavy (non-hydrogen) atoms. The first-order valence-corrected chi connectivity index (χ1v) is 10.4. The second-order valence-electron chi connectivity index (χ2n) is 6.59. The first-order valence-electron chi connectivity index (χ1n) is 8.95. The van der Waals surface area contributed by atoms with Crippen molar-refractivity contribution in [1.82, 2.24) is 4.72 Å². The number of ether oxygens (including phenoxy) is 1. The van der Waals surface area contributed by atoms with Crippen molar-refractivity contribution >= 4 is 33.4 Å². The molecule has 152 valence electrons. The van der Waals surface area contributed by atoms with Crippen LogP contribution in [0.3, 0.4) is 0 Å². The molecule has 2 N–H and O–H groups in total. The topological polar surface area (TPSA) is 114 Å². The smallest absolute Gasteiger partial charge is 0.308 e. The fraction of sp³-hybridized carbons (Fsp3) is 0.250. The maximum absolute atomic E-state index is 12.0. The number of amidine groups is 1. The number of carbonyl (C=O) groups excluding carboxylic acids is 2. The van der Waals surface area contributed by atoms with Gasteiger partial charge in [-0.15, -0.1) is 0 Å². The van der Waals surface area contributed by atoms with Crippen LogP contribution in [0.25, 0.3) is 0 Å². The summed E-state index contributed by atoms with van der Waals surface area (Å²) in [5, 5.41) is 2.67. The van der Waals surface area contributed by atoms with E-state index in [0.717, 1.165) is 11.1 Å². The molecular weight excluding hydrogens is 394 g/mol. The Hall–Kier alpha value is -3.20. The van der Waals surface area contributed by atoms with Crippen molar-refractivity contribution in [3.8, 4) is 0 Å². The lowest BCUT2D eigenvalue weighted by Gasteiger charge is -2.08. The van der Waals surface area contributed by atoms with Crippen LogP contribution >= 0.6 is 0 Å². The summed E-state index contributed by atoms with van der Waals surface area (Å²) in [6.07, 6.45) is -0.0791. The lowest BCUT2D eigenvalue weighted by Crippen LogP contribution is -2.23. The maximum Gasteiger partial charge on any atom is 0.308 e. The van der Waals surface area contributed by atoms with Crippen LogP contribution in [-0.2, 0) is 24.3 Å². The Morgan fingerprint density at radius 1 is 1.10 bits per heavy atom. The summed E-state index contributed by atoms with van der Waals surface area (Å²) in [4.78, 5) is 28.0. The number of benzene rings is 2. The minimum atomic E-state index is -3.61. The van der Waals surface area contributed by atoms with Gasteiger partial charge in [0.1, 0.15) is 5.84 Å². The van der Waals surface area contributed by atoms with Crippen LogP contribution in [-0.4, -0.2) is 39.3 Å². The number of esters is 1. The van der Waals surface area contributed by atoms with Crippen molar-refractivity contribution in [3.63, 3.8) is 0 Å². The number of sulfonamides is 1. The molecule has 0 saturated heterocycles. The molecule has 0 aromatic heterocycles. The van der Waals surface area contributed by atoms with Gasteiger partial charge in [-0.25, -0.2) is 8.42 Å². The Balaban J connectivity index is 1.47. The number of hydrogen-bond acceptors (Lipinski definition) is 6. The zero-order chi connectivity index (χ0) is 21.0. The number of nitrogens with one attached hydrogen (secondary N) is 2. The number of hydrogen-bond donors (Lipinski definition) is 2. The predicted molar refractivity (Wildman–Crippen MR) is 108 cm³/mol. The molecule has 3 rings (SSSR count). The van der Waals surface area contributed by atoms with Gasteiger partial charge in [0.25, 0.3) is 15.9 Å². The lowest BCUT2D eigenvalue weighted by molar-refractivity contribution is -0.147. The summed E-state index contributed by atoms with van der Waals surface area (Å²) in [6, 6.07) is 12.0. The van der Waals surface area contributed by atoms with E-state index in [0.29, 0.717) is 11.3 Å². The van der Waals surface area contributed by atoms with Crippen molar-refractivity contribution in [3.05, 3.63) is 59.2 Å². The van der Waals surface area contributed by atoms with Gasteiger partial charge in [-0.3, -0.25) is 19.3 Å². The van der Waals surface area contributed by atoms with Gasteiger partial charge < -0.3 is 10.1 Å². The van der Waals surface area contributed by atoms with Crippen LogP contribution in [0.4, 0.5) is 5.69 Å². The Labute approximate surface area is 169 Å². The zero-order valence-corrected chi connectivity index (χ0v) is 16.9. The van der Waals surface area contributed by atoms with Gasteiger partial charge in [-0.2, -0.15) is 0 Å². The van der Waals surface area contributed by atoms with Crippen molar-refractivity contribution in [2.45, 2.75) is 25.2 Å². The second-order valence-corrected chi connectivity index (χ2v) is 8.24. The van der Waals surface area contributed by atoms with Crippen LogP contribution < -0.4 is 10.0 Å². The molecule has 0 atom stereocenters. The summed E-state index contributed by atoms with van der Waals surface area (Å²) in [7, 11) is -3.61. The Morgan fingerprint density at radius 2 is 1.86 bits per heavy atom. The summed E-state index contributed by atoms with van der Waals surface area (Å²) in [5.74, 6) is -0.843. The van der Waals surface area contributed by atoms with Crippen LogP contribution in [0.15, 0.2) is 52.4 Å². The van der Waals surface area contributed by atoms with Gasteiger partial charge in [-0.1, -0.05) is 18.2 Å². The molecule has 0 aliphatic carbocycles. The highest BCUT2D eigenvalue weighted by atomic mass is 32.2. The highest BCUT2D eigenvalue weighted by Gasteiger charge is 2.29. The first-order chi connectivity index (χ1) is 13.8. The quantitative estimate of drug-likeness (QED) is 0.700. The third-order valence-electron chi connectivity index (χ3n) is 4.40. The number of anilines is 1. The molecule has 1 heterocycles. The van der Waals surface area contributed by atoms with E-state index in [1.807, 2.05) is 26.0 Å². The largest absolute Gasteiger partial charge is 0.456 e. The highest BCUT2D eigenvalue weighted by molar-refractivity contribution is 7.90. The normalized spacial score (nSPS) is 15.4. The molecular formula is C20H21N3O5S. The van der Waals surface area contributed by atoms with Gasteiger partial charge >= 0.3 is 5.97 Å². The Morgan fingerprint density at radius 3 is 2.62 bits per heavy atom. The van der Waals surface area contributed by atoms with Gasteiger partial charge in [0.2, 0.25) is 0 Å². The number of rotatable bonds is 6. The van der Waals surface area contributed by atoms with Gasteiger partial charge in [0, 0.05) is 11.3 Å². The Bertz CT molecular complexity index is 1090. The van der Waals surface area contributed by atoms with Crippen molar-refractivity contribution in [2.75, 3.05) is 18.5 Å². The Kier molecular flexibility index (Phi) is 5.97. The van der Waals surface area contributed by atoms with E-state index < -0.39 is 28.5 Å². The lowest BCUT2D eigenvalue weighted by atomic mass is 10.1. The van der Waals surface area contributed by atoms with Crippen molar-refractivity contribution < 1.29 is 22.7 Å². The van der Waals surface area contributed by atoms with E-state index in [4.69, 9.17) is 4.74 Å². The third-order valence-corrected chi connectivity index (χ3v) is 5.80. The van der Waals surface area contributed by atoms with Gasteiger partial charge in [0.05, 0.1) is 17.9 Å². The molecule has 2 aromatic rings. The molecule has 1 aliphatic rings. The van der Waals surface area contributed by atoms with Crippen molar-refractivity contribution in [1.29, 1.82) is 0 Å². The minimum Gasteiger partial charge on any atom is -0.456 e. The van der Waals surface area contributed by atoms with E-state index in [1.54, 1.807) is 24.3 Å². The van der Waals surface area contributed by atoms with E-state index in [2.05, 4.69) is 15.0 Å². The molecule has 1 aliphatic heterocycles. The minimum absolute atomic E-state index is 0.0315. The van der Waals surface area contributed by atoms with E-state index in [9.17, 15) is 18.0 Å². The molecule has 0 saturated carbocycles. The van der Waals surface area contributed by atoms with Gasteiger partial charge in [0.15, 0.2) is 6.61 Å². The number of fused-ring (bicyclic) bond motifs is 1. The molecule has 9 heteroatoms. The van der Waals surface area contributed by atoms with Crippen molar-refractivity contribution in [2.24, 2.45) is 4.99 Å². The average Bonchev–Trinajstić information content (AvgIpc) is 2.94. The molecule has 1 amide bonds. The first kappa shape index (κ1) is 20.5. The van der Waals surface area contributed by atoms with Crippen LogP contribution in [0.5, 0.6) is 0 Å². The van der Waals surface area contributed by atoms with Gasteiger partial charge in [-0.05, 0) is 49.2 Å². The number of aryl methyl sites for hydroxylation is 2. The number of amides is 1. The molecule has 2 aromatic carbocycles. The van der Waals surface area contributed by atoms with Crippen LogP contribution in [0, 0.1) is 13.8 Å². The molecule has 0 bridgehead atoms. The molecule has 0 radical (unpaired) electrons. The molecule has 0 unspecified atom stereocenters.